The molecule has 21 heavy (non-hydrogen) atoms. The predicted molar refractivity (Wildman–Crippen MR) is 85.7 cm³/mol. The Morgan fingerprint density at radius 3 is 2.48 bits per heavy atom. The van der Waals surface area contributed by atoms with Crippen LogP contribution in [0, 0.1) is 0 Å². The van der Waals surface area contributed by atoms with Crippen molar-refractivity contribution in [2.24, 2.45) is 0 Å². The average molecular weight is 307 g/mol. The van der Waals surface area contributed by atoms with Gasteiger partial charge in [0.2, 0.25) is 0 Å². The second kappa shape index (κ2) is 6.39. The number of aromatic amines is 2. The minimum atomic E-state index is -0.281. The third-order valence-corrected chi connectivity index (χ3v) is 4.03. The third-order valence-electron chi connectivity index (χ3n) is 3.03. The molecule has 1 aromatic carbocycles. The Morgan fingerprint density at radius 1 is 1.29 bits per heavy atom. The summed E-state index contributed by atoms with van der Waals surface area (Å²) in [4.78, 5) is 13.5. The molecule has 0 spiro atoms. The Balaban J connectivity index is 1.87. The summed E-state index contributed by atoms with van der Waals surface area (Å²) < 4.78 is 5.84. The maximum Gasteiger partial charge on any atom is 0.340 e. The fourth-order valence-electron chi connectivity index (χ4n) is 1.83. The highest BCUT2D eigenvalue weighted by Gasteiger charge is 2.13. The molecule has 0 radical (unpaired) electrons. The van der Waals surface area contributed by atoms with Gasteiger partial charge in [0, 0.05) is 0 Å². The molecule has 1 heterocycles. The number of rotatable bonds is 5. The number of hydrogen-bond acceptors (Lipinski definition) is 4. The molecule has 0 bridgehead atoms. The lowest BCUT2D eigenvalue weighted by Gasteiger charge is -2.20. The van der Waals surface area contributed by atoms with Crippen LogP contribution in [0.3, 0.4) is 0 Å². The van der Waals surface area contributed by atoms with Crippen LogP contribution in [-0.4, -0.2) is 20.6 Å². The SMILES string of the molecule is CC(Oc1ccc(C(C)(C)C)cc1)SCc1n[nH]c(=O)[nH]1. The zero-order valence-electron chi connectivity index (χ0n) is 12.8. The lowest BCUT2D eigenvalue weighted by molar-refractivity contribution is 0.307. The summed E-state index contributed by atoms with van der Waals surface area (Å²) in [7, 11) is 0. The fourth-order valence-corrected chi connectivity index (χ4v) is 2.54. The summed E-state index contributed by atoms with van der Waals surface area (Å²) >= 11 is 1.57. The van der Waals surface area contributed by atoms with Gasteiger partial charge in [0.15, 0.2) is 0 Å². The van der Waals surface area contributed by atoms with Crippen LogP contribution < -0.4 is 10.4 Å². The lowest BCUT2D eigenvalue weighted by atomic mass is 9.87. The van der Waals surface area contributed by atoms with Crippen LogP contribution in [0.25, 0.3) is 0 Å². The molecule has 0 saturated heterocycles. The first-order valence-electron chi connectivity index (χ1n) is 6.87. The van der Waals surface area contributed by atoms with Gasteiger partial charge in [0.05, 0.1) is 5.75 Å². The molecular formula is C15H21N3O2S. The number of nitrogens with one attached hydrogen (secondary N) is 2. The normalized spacial score (nSPS) is 13.1. The van der Waals surface area contributed by atoms with Gasteiger partial charge >= 0.3 is 5.69 Å². The molecule has 1 aromatic heterocycles. The largest absolute Gasteiger partial charge is 0.480 e. The van der Waals surface area contributed by atoms with Gasteiger partial charge in [-0.2, -0.15) is 5.10 Å². The molecule has 2 aromatic rings. The van der Waals surface area contributed by atoms with Gasteiger partial charge in [-0.25, -0.2) is 9.89 Å². The van der Waals surface area contributed by atoms with Crippen molar-refractivity contribution < 1.29 is 4.74 Å². The van der Waals surface area contributed by atoms with Crippen molar-refractivity contribution in [3.8, 4) is 5.75 Å². The lowest BCUT2D eigenvalue weighted by Crippen LogP contribution is -2.11. The van der Waals surface area contributed by atoms with Gasteiger partial charge in [-0.05, 0) is 30.0 Å². The van der Waals surface area contributed by atoms with Gasteiger partial charge in [-0.3, -0.25) is 4.98 Å². The van der Waals surface area contributed by atoms with Gasteiger partial charge in [0.25, 0.3) is 0 Å². The molecule has 1 atom stereocenters. The summed E-state index contributed by atoms with van der Waals surface area (Å²) in [5, 5.41) is 6.21. The number of thioether (sulfide) groups is 1. The monoisotopic (exact) mass is 307 g/mol. The van der Waals surface area contributed by atoms with E-state index in [0.29, 0.717) is 11.6 Å². The van der Waals surface area contributed by atoms with E-state index >= 15 is 0 Å². The predicted octanol–water partition coefficient (Wildman–Crippen LogP) is 3.05. The number of hydrogen-bond donors (Lipinski definition) is 2. The van der Waals surface area contributed by atoms with E-state index in [2.05, 4.69) is 48.1 Å². The van der Waals surface area contributed by atoms with Gasteiger partial charge in [-0.1, -0.05) is 32.9 Å². The zero-order valence-corrected chi connectivity index (χ0v) is 13.6. The topological polar surface area (TPSA) is 70.8 Å². The molecular weight excluding hydrogens is 286 g/mol. The fraction of sp³-hybridized carbons (Fsp3) is 0.467. The van der Waals surface area contributed by atoms with E-state index in [1.807, 2.05) is 19.1 Å². The minimum absolute atomic E-state index is 0.0225. The van der Waals surface area contributed by atoms with Crippen molar-refractivity contribution in [1.29, 1.82) is 0 Å². The average Bonchev–Trinajstić information content (AvgIpc) is 2.82. The quantitative estimate of drug-likeness (QED) is 0.833. The van der Waals surface area contributed by atoms with E-state index in [0.717, 1.165) is 5.75 Å². The Labute approximate surface area is 128 Å². The maximum atomic E-state index is 10.9. The van der Waals surface area contributed by atoms with Crippen LogP contribution in [0.1, 0.15) is 39.1 Å². The Morgan fingerprint density at radius 2 is 1.95 bits per heavy atom. The van der Waals surface area contributed by atoms with Crippen molar-refractivity contribution in [2.45, 2.75) is 44.3 Å². The van der Waals surface area contributed by atoms with E-state index in [9.17, 15) is 4.79 Å². The van der Waals surface area contributed by atoms with E-state index in [1.54, 1.807) is 11.8 Å². The summed E-state index contributed by atoms with van der Waals surface area (Å²) in [6.45, 7) is 8.54. The highest BCUT2D eigenvalue weighted by atomic mass is 32.2. The van der Waals surface area contributed by atoms with E-state index < -0.39 is 0 Å². The van der Waals surface area contributed by atoms with Crippen molar-refractivity contribution >= 4 is 11.8 Å². The van der Waals surface area contributed by atoms with Crippen LogP contribution in [0.5, 0.6) is 5.75 Å². The summed E-state index contributed by atoms with van der Waals surface area (Å²) in [5.41, 5.74) is 1.12. The van der Waals surface area contributed by atoms with Crippen LogP contribution in [-0.2, 0) is 11.2 Å². The third kappa shape index (κ3) is 4.67. The molecule has 0 aliphatic carbocycles. The number of nitrogens with zero attached hydrogens (tertiary/aromatic N) is 1. The Hall–Kier alpha value is -1.69. The van der Waals surface area contributed by atoms with Crippen LogP contribution in [0.2, 0.25) is 0 Å². The minimum Gasteiger partial charge on any atom is -0.480 e. The Kier molecular flexibility index (Phi) is 4.77. The zero-order chi connectivity index (χ0) is 15.5. The smallest absolute Gasteiger partial charge is 0.340 e. The van der Waals surface area contributed by atoms with Gasteiger partial charge in [0.1, 0.15) is 17.0 Å². The molecule has 0 fully saturated rings. The molecule has 6 heteroatoms. The van der Waals surface area contributed by atoms with Gasteiger partial charge in [-0.15, -0.1) is 11.8 Å². The Bertz CT molecular complexity index is 625. The maximum absolute atomic E-state index is 10.9. The highest BCUT2D eigenvalue weighted by Crippen LogP contribution is 2.26. The first kappa shape index (κ1) is 15.7. The number of benzene rings is 1. The standard InChI is InChI=1S/C15H21N3O2S/c1-10(21-9-13-16-14(19)18-17-13)20-12-7-5-11(6-8-12)15(2,3)4/h5-8,10H,9H2,1-4H3,(H2,16,17,18,19). The van der Waals surface area contributed by atoms with Crippen LogP contribution in [0.15, 0.2) is 29.1 Å². The van der Waals surface area contributed by atoms with E-state index in [-0.39, 0.29) is 16.5 Å². The van der Waals surface area contributed by atoms with E-state index in [1.165, 1.54) is 5.56 Å². The molecule has 1 unspecified atom stereocenters. The second-order valence-corrected chi connectivity index (χ2v) is 7.18. The first-order chi connectivity index (χ1) is 9.84. The molecule has 0 amide bonds. The highest BCUT2D eigenvalue weighted by molar-refractivity contribution is 7.98. The summed E-state index contributed by atoms with van der Waals surface area (Å²) in [6.07, 6.45) is 0. The van der Waals surface area contributed by atoms with Crippen molar-refractivity contribution in [1.82, 2.24) is 15.2 Å². The molecule has 2 rings (SSSR count). The number of H-pyrrole nitrogens is 2. The molecule has 114 valence electrons. The molecule has 0 aliphatic rings. The van der Waals surface area contributed by atoms with Crippen molar-refractivity contribution in [2.75, 3.05) is 0 Å². The summed E-state index contributed by atoms with van der Waals surface area (Å²) in [6, 6.07) is 8.18. The number of ether oxygens (including phenoxy) is 1. The summed E-state index contributed by atoms with van der Waals surface area (Å²) in [5.74, 6) is 2.07. The molecule has 5 nitrogen and oxygen atoms in total. The van der Waals surface area contributed by atoms with E-state index in [4.69, 9.17) is 4.74 Å². The first-order valence-corrected chi connectivity index (χ1v) is 7.92. The second-order valence-electron chi connectivity index (χ2n) is 5.90. The van der Waals surface area contributed by atoms with Crippen LogP contribution in [0.4, 0.5) is 0 Å². The van der Waals surface area contributed by atoms with Crippen LogP contribution >= 0.6 is 11.8 Å². The van der Waals surface area contributed by atoms with Gasteiger partial charge < -0.3 is 4.74 Å². The molecule has 0 saturated carbocycles. The number of aromatic nitrogens is 3. The molecule has 2 N–H and O–H groups in total. The van der Waals surface area contributed by atoms with Crippen molar-refractivity contribution in [3.05, 3.63) is 46.1 Å². The van der Waals surface area contributed by atoms with Crippen molar-refractivity contribution in [3.63, 3.8) is 0 Å². The molecule has 0 aliphatic heterocycles.